The van der Waals surface area contributed by atoms with E-state index in [9.17, 15) is 23.1 Å². The van der Waals surface area contributed by atoms with Gasteiger partial charge in [-0.15, -0.1) is 0 Å². The summed E-state index contributed by atoms with van der Waals surface area (Å²) in [4.78, 5) is 25.2. The Balaban J connectivity index is 1.73. The summed E-state index contributed by atoms with van der Waals surface area (Å²) in [5.41, 5.74) is 2.60. The van der Waals surface area contributed by atoms with Gasteiger partial charge in [0.1, 0.15) is 18.3 Å². The van der Waals surface area contributed by atoms with Crippen LogP contribution in [0.3, 0.4) is 0 Å². The minimum absolute atomic E-state index is 0.00300. The van der Waals surface area contributed by atoms with Crippen molar-refractivity contribution in [1.82, 2.24) is 4.41 Å². The first kappa shape index (κ1) is 29.5. The summed E-state index contributed by atoms with van der Waals surface area (Å²) in [5, 5.41) is 9.43. The minimum atomic E-state index is -4.11. The van der Waals surface area contributed by atoms with Crippen molar-refractivity contribution in [3.63, 3.8) is 0 Å². The van der Waals surface area contributed by atoms with Gasteiger partial charge in [-0.2, -0.15) is 4.59 Å². The molecule has 0 spiro atoms. The molecule has 1 amide bonds. The summed E-state index contributed by atoms with van der Waals surface area (Å²) in [6.07, 6.45) is 2.56. The number of benzene rings is 3. The fourth-order valence-corrected chi connectivity index (χ4v) is 7.39. The van der Waals surface area contributed by atoms with E-state index >= 15 is 0 Å². The third kappa shape index (κ3) is 6.11. The van der Waals surface area contributed by atoms with Crippen LogP contribution in [0.2, 0.25) is 0 Å². The van der Waals surface area contributed by atoms with Crippen LogP contribution in [0.1, 0.15) is 44.6 Å². The summed E-state index contributed by atoms with van der Waals surface area (Å²) < 4.78 is 34.3. The molecule has 0 saturated heterocycles. The van der Waals surface area contributed by atoms with Crippen molar-refractivity contribution in [3.05, 3.63) is 84.4 Å². The van der Waals surface area contributed by atoms with Crippen LogP contribution in [0.4, 0.5) is 0 Å². The fourth-order valence-electron chi connectivity index (χ4n) is 5.92. The Kier molecular flexibility index (Phi) is 9.08. The number of rotatable bonds is 10. The molecule has 3 unspecified atom stereocenters. The molecular weight excluding hydrogens is 528 g/mol. The predicted octanol–water partition coefficient (Wildman–Crippen LogP) is 5.49. The number of methoxy groups -OCH3 is 1. The molecule has 1 N–H and O–H groups in total. The Morgan fingerprint density at radius 1 is 0.950 bits per heavy atom. The highest BCUT2D eigenvalue weighted by atomic mass is 32.2. The van der Waals surface area contributed by atoms with E-state index in [1.54, 1.807) is 31.4 Å². The SMILES string of the molecule is COc1ccc(-c2ccc(S(=O)(=O)N(C)[N+](Cc3ccccc3)(C(C)=O)C3CCCC(CC(=O)O)C3)cc2)cc1. The lowest BCUT2D eigenvalue weighted by atomic mass is 9.82. The van der Waals surface area contributed by atoms with Gasteiger partial charge in [-0.25, -0.2) is 13.2 Å². The van der Waals surface area contributed by atoms with Crippen LogP contribution in [0.5, 0.6) is 5.75 Å². The van der Waals surface area contributed by atoms with E-state index in [1.807, 2.05) is 54.6 Å². The highest BCUT2D eigenvalue weighted by molar-refractivity contribution is 7.89. The number of carbonyl (C=O) groups excluding carboxylic acids is 1. The Morgan fingerprint density at radius 3 is 2.10 bits per heavy atom. The van der Waals surface area contributed by atoms with Gasteiger partial charge in [-0.1, -0.05) is 54.6 Å². The van der Waals surface area contributed by atoms with Crippen LogP contribution in [0.25, 0.3) is 11.1 Å². The van der Waals surface area contributed by atoms with Crippen molar-refractivity contribution in [1.29, 1.82) is 0 Å². The number of amides is 1. The Labute approximate surface area is 236 Å². The molecular formula is C31H37N2O6S+. The van der Waals surface area contributed by atoms with Gasteiger partial charge in [0.25, 0.3) is 10.0 Å². The lowest BCUT2D eigenvalue weighted by Gasteiger charge is -2.47. The number of carboxylic acid groups (broad SMARTS) is 1. The molecule has 0 aliphatic heterocycles. The van der Waals surface area contributed by atoms with Crippen molar-refractivity contribution < 1.29 is 32.4 Å². The minimum Gasteiger partial charge on any atom is -0.497 e. The van der Waals surface area contributed by atoms with Crippen molar-refractivity contribution in [3.8, 4) is 16.9 Å². The van der Waals surface area contributed by atoms with Crippen LogP contribution in [0, 0.1) is 5.92 Å². The molecule has 3 aromatic carbocycles. The number of quaternary nitrogens is 1. The highest BCUT2D eigenvalue weighted by Gasteiger charge is 2.52. The van der Waals surface area contributed by atoms with Gasteiger partial charge in [0, 0.05) is 24.8 Å². The maximum absolute atomic E-state index is 14.2. The van der Waals surface area contributed by atoms with E-state index in [0.29, 0.717) is 12.8 Å². The third-order valence-electron chi connectivity index (χ3n) is 8.06. The van der Waals surface area contributed by atoms with Gasteiger partial charge in [0.05, 0.1) is 26.0 Å². The van der Waals surface area contributed by atoms with Crippen LogP contribution in [0.15, 0.2) is 83.8 Å². The summed E-state index contributed by atoms with van der Waals surface area (Å²) in [6.45, 7) is 1.59. The van der Waals surface area contributed by atoms with E-state index < -0.39 is 20.6 Å². The van der Waals surface area contributed by atoms with E-state index in [2.05, 4.69) is 0 Å². The second-order valence-electron chi connectivity index (χ2n) is 10.5. The molecule has 1 aliphatic carbocycles. The summed E-state index contributed by atoms with van der Waals surface area (Å²) >= 11 is 0. The van der Waals surface area contributed by atoms with Crippen molar-refractivity contribution in [2.75, 3.05) is 14.2 Å². The number of sulfonamides is 1. The number of hydrogen-bond acceptors (Lipinski definition) is 5. The van der Waals surface area contributed by atoms with Gasteiger partial charge in [-0.05, 0) is 58.6 Å². The number of ether oxygens (including phenoxy) is 1. The van der Waals surface area contributed by atoms with Gasteiger partial charge in [0.2, 0.25) is 0 Å². The summed E-state index contributed by atoms with van der Waals surface area (Å²) in [5.74, 6) is -0.572. The van der Waals surface area contributed by atoms with E-state index in [-0.39, 0.29) is 35.7 Å². The van der Waals surface area contributed by atoms with Gasteiger partial charge < -0.3 is 9.84 Å². The molecule has 212 valence electrons. The average molecular weight is 566 g/mol. The maximum atomic E-state index is 14.2. The van der Waals surface area contributed by atoms with Gasteiger partial charge in [0.15, 0.2) is 0 Å². The third-order valence-corrected chi connectivity index (χ3v) is 9.92. The molecule has 3 atom stereocenters. The van der Waals surface area contributed by atoms with Crippen LogP contribution < -0.4 is 4.74 Å². The van der Waals surface area contributed by atoms with E-state index in [1.165, 1.54) is 18.4 Å². The zero-order valence-corrected chi connectivity index (χ0v) is 24.0. The first-order chi connectivity index (χ1) is 19.1. The standard InChI is InChI=1S/C31H36N2O6S/c1-23(34)33(22-24-8-5-4-6-9-24,28-11-7-10-25(20-28)21-31(35)36)32(2)40(37,38)30-18-14-27(15-19-30)26-12-16-29(39-3)17-13-26/h4-6,8-9,12-19,25,28H,7,10-11,20-22H2,1-3H3/p+1. The molecule has 1 saturated carbocycles. The van der Waals surface area contributed by atoms with Crippen molar-refractivity contribution in [2.24, 2.45) is 5.92 Å². The Bertz CT molecular complexity index is 1420. The number of nitrogens with zero attached hydrogens (tertiary/aromatic N) is 2. The van der Waals surface area contributed by atoms with Crippen molar-refractivity contribution >= 4 is 21.9 Å². The molecule has 0 aromatic heterocycles. The Hall–Kier alpha value is -3.53. The summed E-state index contributed by atoms with van der Waals surface area (Å²) in [6, 6.07) is 23.1. The first-order valence-electron chi connectivity index (χ1n) is 13.5. The molecule has 3 aromatic rings. The van der Waals surface area contributed by atoms with Crippen LogP contribution >= 0.6 is 0 Å². The monoisotopic (exact) mass is 565 g/mol. The lowest BCUT2D eigenvalue weighted by molar-refractivity contribution is -0.980. The molecule has 40 heavy (non-hydrogen) atoms. The molecule has 1 aliphatic rings. The lowest BCUT2D eigenvalue weighted by Crippen LogP contribution is -2.68. The molecule has 0 radical (unpaired) electrons. The quantitative estimate of drug-likeness (QED) is 0.258. The van der Waals surface area contributed by atoms with Crippen LogP contribution in [-0.4, -0.2) is 54.6 Å². The zero-order valence-electron chi connectivity index (χ0n) is 23.2. The van der Waals surface area contributed by atoms with Gasteiger partial charge >= 0.3 is 11.9 Å². The Morgan fingerprint density at radius 2 is 1.55 bits per heavy atom. The van der Waals surface area contributed by atoms with Gasteiger partial charge in [-0.3, -0.25) is 4.79 Å². The molecule has 8 nitrogen and oxygen atoms in total. The number of carboxylic acids is 1. The molecule has 9 heteroatoms. The number of aliphatic carboxylic acids is 1. The maximum Gasteiger partial charge on any atom is 0.331 e. The number of carbonyl (C=O) groups is 2. The normalized spacial score (nSPS) is 19.1. The second kappa shape index (κ2) is 12.3. The van der Waals surface area contributed by atoms with E-state index in [0.717, 1.165) is 35.3 Å². The van der Waals surface area contributed by atoms with Crippen molar-refractivity contribution in [2.45, 2.75) is 56.5 Å². The van der Waals surface area contributed by atoms with E-state index in [4.69, 9.17) is 4.74 Å². The first-order valence-corrected chi connectivity index (χ1v) is 14.9. The van der Waals surface area contributed by atoms with Crippen LogP contribution in [-0.2, 0) is 26.2 Å². The molecule has 0 heterocycles. The zero-order chi connectivity index (χ0) is 28.9. The molecule has 4 rings (SSSR count). The average Bonchev–Trinajstić information content (AvgIpc) is 2.96. The highest BCUT2D eigenvalue weighted by Crippen LogP contribution is 2.39. The fraction of sp³-hybridized carbons (Fsp3) is 0.355. The number of hydrogen-bond donors (Lipinski definition) is 1. The predicted molar refractivity (Wildman–Crippen MR) is 152 cm³/mol. The summed E-state index contributed by atoms with van der Waals surface area (Å²) in [7, 11) is -1.04. The largest absolute Gasteiger partial charge is 0.497 e. The second-order valence-corrected chi connectivity index (χ2v) is 12.4. The smallest absolute Gasteiger partial charge is 0.331 e. The molecule has 0 bridgehead atoms. The topological polar surface area (TPSA) is 101 Å². The molecule has 1 fully saturated rings.